The van der Waals surface area contributed by atoms with Gasteiger partial charge in [0.15, 0.2) is 5.76 Å². The predicted molar refractivity (Wildman–Crippen MR) is 94.5 cm³/mol. The van der Waals surface area contributed by atoms with E-state index in [9.17, 15) is 14.4 Å². The monoisotopic (exact) mass is 401 g/mol. The van der Waals surface area contributed by atoms with Crippen LogP contribution in [0.1, 0.15) is 10.6 Å². The highest BCUT2D eigenvalue weighted by atomic mass is 35.5. The van der Waals surface area contributed by atoms with E-state index in [2.05, 4.69) is 16.2 Å². The predicted octanol–water partition coefficient (Wildman–Crippen LogP) is 2.26. The van der Waals surface area contributed by atoms with Gasteiger partial charge in [-0.05, 0) is 30.3 Å². The molecular weight excluding hydrogens is 389 g/mol. The SMILES string of the molecule is O=C(CNC(=O)c1ccco1)NNC(=O)CSc1cc(Cl)ccc1Cl. The Morgan fingerprint density at radius 2 is 1.84 bits per heavy atom. The zero-order valence-electron chi connectivity index (χ0n) is 12.7. The molecule has 3 amide bonds. The molecule has 2 rings (SSSR count). The molecule has 0 aliphatic heterocycles. The van der Waals surface area contributed by atoms with Crippen molar-refractivity contribution < 1.29 is 18.8 Å². The number of carbonyl (C=O) groups excluding carboxylic acids is 3. The molecule has 0 saturated heterocycles. The van der Waals surface area contributed by atoms with E-state index in [0.29, 0.717) is 14.9 Å². The fourth-order valence-corrected chi connectivity index (χ4v) is 2.90. The second-order valence-corrected chi connectivity index (χ2v) is 6.48. The highest BCUT2D eigenvalue weighted by Crippen LogP contribution is 2.29. The Morgan fingerprint density at radius 1 is 1.08 bits per heavy atom. The van der Waals surface area contributed by atoms with E-state index >= 15 is 0 Å². The quantitative estimate of drug-likeness (QED) is 0.509. The lowest BCUT2D eigenvalue weighted by Crippen LogP contribution is -2.46. The van der Waals surface area contributed by atoms with Gasteiger partial charge in [0.25, 0.3) is 11.8 Å². The Morgan fingerprint density at radius 3 is 2.56 bits per heavy atom. The number of furan rings is 1. The Labute approximate surface area is 157 Å². The molecule has 7 nitrogen and oxygen atoms in total. The summed E-state index contributed by atoms with van der Waals surface area (Å²) in [6, 6.07) is 7.94. The normalized spacial score (nSPS) is 10.2. The van der Waals surface area contributed by atoms with Crippen LogP contribution in [0.15, 0.2) is 45.9 Å². The first kappa shape index (κ1) is 19.2. The van der Waals surface area contributed by atoms with Crippen molar-refractivity contribution in [3.05, 3.63) is 52.4 Å². The molecule has 25 heavy (non-hydrogen) atoms. The fraction of sp³-hybridized carbons (Fsp3) is 0.133. The third kappa shape index (κ3) is 6.33. The molecule has 0 aliphatic rings. The number of hydrogen-bond donors (Lipinski definition) is 3. The molecule has 0 atom stereocenters. The molecule has 0 aliphatic carbocycles. The first-order valence-corrected chi connectivity index (χ1v) is 8.67. The number of amides is 3. The molecule has 10 heteroatoms. The van der Waals surface area contributed by atoms with Crippen LogP contribution in [0.5, 0.6) is 0 Å². The number of thioether (sulfide) groups is 1. The highest BCUT2D eigenvalue weighted by Gasteiger charge is 2.11. The minimum absolute atomic E-state index is 0.0269. The minimum Gasteiger partial charge on any atom is -0.459 e. The average molecular weight is 402 g/mol. The van der Waals surface area contributed by atoms with Gasteiger partial charge in [-0.3, -0.25) is 25.2 Å². The smallest absolute Gasteiger partial charge is 0.287 e. The molecule has 0 radical (unpaired) electrons. The summed E-state index contributed by atoms with van der Waals surface area (Å²) >= 11 is 13.0. The standard InChI is InChI=1S/C15H13Cl2N3O4S/c16-9-3-4-10(17)12(6-9)25-8-14(22)20-19-13(21)7-18-15(23)11-2-1-5-24-11/h1-6H,7-8H2,(H,18,23)(H,19,21)(H,20,22). The summed E-state index contributed by atoms with van der Waals surface area (Å²) in [6.07, 6.45) is 1.35. The van der Waals surface area contributed by atoms with Gasteiger partial charge < -0.3 is 9.73 Å². The van der Waals surface area contributed by atoms with Crippen molar-refractivity contribution in [2.24, 2.45) is 0 Å². The van der Waals surface area contributed by atoms with Crippen LogP contribution in [0.25, 0.3) is 0 Å². The Balaban J connectivity index is 1.68. The number of rotatable bonds is 6. The van der Waals surface area contributed by atoms with Gasteiger partial charge in [0, 0.05) is 9.92 Å². The maximum atomic E-state index is 11.7. The number of hydrazine groups is 1. The van der Waals surface area contributed by atoms with Gasteiger partial charge in [0.05, 0.1) is 23.6 Å². The van der Waals surface area contributed by atoms with Gasteiger partial charge in [-0.15, -0.1) is 11.8 Å². The summed E-state index contributed by atoms with van der Waals surface area (Å²) in [5.41, 5.74) is 4.42. The second kappa shape index (κ2) is 9.36. The Hall–Kier alpha value is -2.16. The van der Waals surface area contributed by atoms with E-state index in [1.165, 1.54) is 24.1 Å². The van der Waals surface area contributed by atoms with Gasteiger partial charge in [-0.1, -0.05) is 23.2 Å². The lowest BCUT2D eigenvalue weighted by molar-refractivity contribution is -0.127. The van der Waals surface area contributed by atoms with E-state index in [-0.39, 0.29) is 18.1 Å². The third-order valence-electron chi connectivity index (χ3n) is 2.75. The van der Waals surface area contributed by atoms with Crippen LogP contribution in [0.2, 0.25) is 10.0 Å². The van der Waals surface area contributed by atoms with E-state index in [1.54, 1.807) is 24.3 Å². The second-order valence-electron chi connectivity index (χ2n) is 4.62. The van der Waals surface area contributed by atoms with Crippen LogP contribution in [-0.2, 0) is 9.59 Å². The first-order valence-electron chi connectivity index (χ1n) is 6.93. The maximum absolute atomic E-state index is 11.7. The van der Waals surface area contributed by atoms with Crippen LogP contribution >= 0.6 is 35.0 Å². The molecule has 0 saturated carbocycles. The average Bonchev–Trinajstić information content (AvgIpc) is 3.13. The Kier molecular flexibility index (Phi) is 7.17. The number of nitrogens with one attached hydrogen (secondary N) is 3. The molecule has 3 N–H and O–H groups in total. The summed E-state index contributed by atoms with van der Waals surface area (Å²) in [6.45, 7) is -0.312. The van der Waals surface area contributed by atoms with E-state index in [4.69, 9.17) is 27.6 Å². The molecule has 0 spiro atoms. The van der Waals surface area contributed by atoms with E-state index in [1.807, 2.05) is 0 Å². The molecule has 1 heterocycles. The highest BCUT2D eigenvalue weighted by molar-refractivity contribution is 8.00. The molecule has 0 bridgehead atoms. The molecule has 0 fully saturated rings. The summed E-state index contributed by atoms with van der Waals surface area (Å²) < 4.78 is 4.88. The summed E-state index contributed by atoms with van der Waals surface area (Å²) in [4.78, 5) is 35.5. The number of hydrogen-bond acceptors (Lipinski definition) is 5. The lowest BCUT2D eigenvalue weighted by atomic mass is 10.4. The van der Waals surface area contributed by atoms with Gasteiger partial charge in [0.2, 0.25) is 5.91 Å². The van der Waals surface area contributed by atoms with Crippen molar-refractivity contribution in [3.8, 4) is 0 Å². The molecule has 1 aromatic heterocycles. The Bertz CT molecular complexity index is 768. The van der Waals surface area contributed by atoms with Crippen LogP contribution in [-0.4, -0.2) is 30.0 Å². The number of halogens is 2. The van der Waals surface area contributed by atoms with E-state index < -0.39 is 17.7 Å². The van der Waals surface area contributed by atoms with E-state index in [0.717, 1.165) is 0 Å². The molecule has 132 valence electrons. The fourth-order valence-electron chi connectivity index (χ4n) is 1.61. The van der Waals surface area contributed by atoms with Gasteiger partial charge in [-0.25, -0.2) is 0 Å². The van der Waals surface area contributed by atoms with Crippen LogP contribution in [0.4, 0.5) is 0 Å². The molecular formula is C15H13Cl2N3O4S. The van der Waals surface area contributed by atoms with Crippen molar-refractivity contribution in [3.63, 3.8) is 0 Å². The van der Waals surface area contributed by atoms with Crippen molar-refractivity contribution in [2.75, 3.05) is 12.3 Å². The van der Waals surface area contributed by atoms with Crippen LogP contribution in [0, 0.1) is 0 Å². The third-order valence-corrected chi connectivity index (χ3v) is 4.48. The van der Waals surface area contributed by atoms with Crippen LogP contribution in [0.3, 0.4) is 0 Å². The molecule has 2 aromatic rings. The van der Waals surface area contributed by atoms with Gasteiger partial charge >= 0.3 is 0 Å². The zero-order chi connectivity index (χ0) is 18.2. The van der Waals surface area contributed by atoms with Gasteiger partial charge in [-0.2, -0.15) is 0 Å². The molecule has 1 aromatic carbocycles. The topological polar surface area (TPSA) is 100 Å². The molecule has 0 unspecified atom stereocenters. The van der Waals surface area contributed by atoms with Crippen molar-refractivity contribution in [2.45, 2.75) is 4.90 Å². The minimum atomic E-state index is -0.584. The van der Waals surface area contributed by atoms with Gasteiger partial charge in [0.1, 0.15) is 0 Å². The summed E-state index contributed by atoms with van der Waals surface area (Å²) in [7, 11) is 0. The van der Waals surface area contributed by atoms with Crippen molar-refractivity contribution >= 4 is 52.7 Å². The maximum Gasteiger partial charge on any atom is 0.287 e. The van der Waals surface area contributed by atoms with Crippen molar-refractivity contribution in [1.82, 2.24) is 16.2 Å². The van der Waals surface area contributed by atoms with Crippen LogP contribution < -0.4 is 16.2 Å². The number of benzene rings is 1. The zero-order valence-corrected chi connectivity index (χ0v) is 15.0. The first-order chi connectivity index (χ1) is 12.0. The largest absolute Gasteiger partial charge is 0.459 e. The summed E-state index contributed by atoms with van der Waals surface area (Å²) in [5, 5.41) is 3.33. The summed E-state index contributed by atoms with van der Waals surface area (Å²) in [5.74, 6) is -1.44. The van der Waals surface area contributed by atoms with Crippen molar-refractivity contribution in [1.29, 1.82) is 0 Å². The lowest BCUT2D eigenvalue weighted by Gasteiger charge is -2.08. The number of carbonyl (C=O) groups is 3.